The van der Waals surface area contributed by atoms with E-state index in [-0.39, 0.29) is 4.90 Å². The molecule has 6 heteroatoms. The molecule has 1 aromatic rings. The lowest BCUT2D eigenvalue weighted by molar-refractivity contribution is -0.0937. The van der Waals surface area contributed by atoms with Gasteiger partial charge in [-0.2, -0.15) is 4.31 Å². The fourth-order valence-electron chi connectivity index (χ4n) is 2.30. The molecule has 0 saturated carbocycles. The van der Waals surface area contributed by atoms with Crippen LogP contribution in [0.15, 0.2) is 29.2 Å². The van der Waals surface area contributed by atoms with E-state index >= 15 is 0 Å². The quantitative estimate of drug-likeness (QED) is 0.903. The number of hydrogen-bond donors (Lipinski definition) is 1. The lowest BCUT2D eigenvalue weighted by Crippen LogP contribution is -2.51. The van der Waals surface area contributed by atoms with Crippen LogP contribution < -0.4 is 0 Å². The number of aryl methyl sites for hydroxylation is 1. The van der Waals surface area contributed by atoms with Crippen LogP contribution in [0.2, 0.25) is 0 Å². The molecule has 0 aromatic heterocycles. The summed E-state index contributed by atoms with van der Waals surface area (Å²) in [7, 11) is -2.21. The standard InChI is InChI=1S/C13H19NO4S/c1-10-5-7-11(8-6-10)19(16,17)14-9-3-4-12(15)13(14)18-2/h5-8,12-13,15H,3-4,9H2,1-2H3/t12-,13-/m1/s1. The largest absolute Gasteiger partial charge is 0.389 e. The van der Waals surface area contributed by atoms with Gasteiger partial charge in [0.1, 0.15) is 6.23 Å². The Morgan fingerprint density at radius 2 is 1.95 bits per heavy atom. The Labute approximate surface area is 113 Å². The zero-order valence-corrected chi connectivity index (χ0v) is 11.9. The van der Waals surface area contributed by atoms with Crippen molar-refractivity contribution in [3.05, 3.63) is 29.8 Å². The lowest BCUT2D eigenvalue weighted by Gasteiger charge is -2.36. The van der Waals surface area contributed by atoms with Crippen molar-refractivity contribution in [1.82, 2.24) is 4.31 Å². The predicted molar refractivity (Wildman–Crippen MR) is 71.1 cm³/mol. The number of methoxy groups -OCH3 is 1. The minimum atomic E-state index is -3.62. The van der Waals surface area contributed by atoms with Gasteiger partial charge >= 0.3 is 0 Å². The Morgan fingerprint density at radius 1 is 1.32 bits per heavy atom. The monoisotopic (exact) mass is 285 g/mol. The second-order valence-electron chi connectivity index (χ2n) is 4.76. The second-order valence-corrected chi connectivity index (χ2v) is 6.66. The molecule has 0 spiro atoms. The molecule has 2 rings (SSSR count). The molecule has 0 bridgehead atoms. The summed E-state index contributed by atoms with van der Waals surface area (Å²) in [6, 6.07) is 6.68. The fraction of sp³-hybridized carbons (Fsp3) is 0.538. The van der Waals surface area contributed by atoms with Gasteiger partial charge in [-0.05, 0) is 31.9 Å². The summed E-state index contributed by atoms with van der Waals surface area (Å²) in [5, 5.41) is 9.86. The summed E-state index contributed by atoms with van der Waals surface area (Å²) < 4.78 is 31.5. The first-order chi connectivity index (χ1) is 8.96. The number of piperidine rings is 1. The maximum atomic E-state index is 12.5. The third kappa shape index (κ3) is 2.81. The predicted octanol–water partition coefficient (Wildman–Crippen LogP) is 1.11. The lowest BCUT2D eigenvalue weighted by atomic mass is 10.1. The highest BCUT2D eigenvalue weighted by Gasteiger charge is 2.38. The van der Waals surface area contributed by atoms with Crippen molar-refractivity contribution in [2.75, 3.05) is 13.7 Å². The first kappa shape index (κ1) is 14.5. The van der Waals surface area contributed by atoms with Crippen LogP contribution in [0.3, 0.4) is 0 Å². The van der Waals surface area contributed by atoms with Gasteiger partial charge in [-0.3, -0.25) is 0 Å². The molecule has 1 aliphatic heterocycles. The van der Waals surface area contributed by atoms with Gasteiger partial charge in [0.25, 0.3) is 0 Å². The number of ether oxygens (including phenoxy) is 1. The van der Waals surface area contributed by atoms with Crippen LogP contribution in [-0.4, -0.2) is 43.8 Å². The normalized spacial score (nSPS) is 25.4. The zero-order chi connectivity index (χ0) is 14.0. The van der Waals surface area contributed by atoms with Crippen molar-refractivity contribution in [3.8, 4) is 0 Å². The first-order valence-corrected chi connectivity index (χ1v) is 7.70. The van der Waals surface area contributed by atoms with Gasteiger partial charge in [0.2, 0.25) is 10.0 Å². The van der Waals surface area contributed by atoms with E-state index in [1.54, 1.807) is 24.3 Å². The van der Waals surface area contributed by atoms with Gasteiger partial charge < -0.3 is 9.84 Å². The number of nitrogens with zero attached hydrogens (tertiary/aromatic N) is 1. The highest BCUT2D eigenvalue weighted by atomic mass is 32.2. The number of aliphatic hydroxyl groups is 1. The number of rotatable bonds is 3. The topological polar surface area (TPSA) is 66.8 Å². The molecule has 106 valence electrons. The molecule has 1 fully saturated rings. The van der Waals surface area contributed by atoms with Crippen LogP contribution in [0.5, 0.6) is 0 Å². The number of sulfonamides is 1. The molecule has 0 unspecified atom stereocenters. The smallest absolute Gasteiger partial charge is 0.245 e. The summed E-state index contributed by atoms with van der Waals surface area (Å²) in [5.74, 6) is 0. The average Bonchev–Trinajstić information content (AvgIpc) is 2.39. The maximum absolute atomic E-state index is 12.5. The van der Waals surface area contributed by atoms with Crippen LogP contribution in [0, 0.1) is 6.92 Å². The van der Waals surface area contributed by atoms with E-state index < -0.39 is 22.4 Å². The van der Waals surface area contributed by atoms with E-state index in [0.29, 0.717) is 19.4 Å². The molecule has 1 aromatic carbocycles. The third-order valence-electron chi connectivity index (χ3n) is 3.36. The van der Waals surface area contributed by atoms with E-state index in [1.807, 2.05) is 6.92 Å². The summed E-state index contributed by atoms with van der Waals surface area (Å²) in [4.78, 5) is 0.231. The SMILES string of the molecule is CO[C@@H]1[C@H](O)CCCN1S(=O)(=O)c1ccc(C)cc1. The van der Waals surface area contributed by atoms with Crippen molar-refractivity contribution < 1.29 is 18.3 Å². The Hall–Kier alpha value is -0.950. The minimum Gasteiger partial charge on any atom is -0.389 e. The molecule has 2 atom stereocenters. The average molecular weight is 285 g/mol. The van der Waals surface area contributed by atoms with Crippen LogP contribution >= 0.6 is 0 Å². The van der Waals surface area contributed by atoms with Gasteiger partial charge in [0.15, 0.2) is 0 Å². The number of aliphatic hydroxyl groups excluding tert-OH is 1. The highest BCUT2D eigenvalue weighted by Crippen LogP contribution is 2.26. The van der Waals surface area contributed by atoms with E-state index in [4.69, 9.17) is 4.74 Å². The Balaban J connectivity index is 2.35. The molecule has 1 saturated heterocycles. The van der Waals surface area contributed by atoms with Crippen LogP contribution in [0.1, 0.15) is 18.4 Å². The Kier molecular flexibility index (Phi) is 4.25. The van der Waals surface area contributed by atoms with Crippen molar-refractivity contribution in [3.63, 3.8) is 0 Å². The first-order valence-electron chi connectivity index (χ1n) is 6.26. The number of hydrogen-bond acceptors (Lipinski definition) is 4. The fourth-order valence-corrected chi connectivity index (χ4v) is 3.92. The van der Waals surface area contributed by atoms with Crippen molar-refractivity contribution in [2.24, 2.45) is 0 Å². The molecule has 1 N–H and O–H groups in total. The van der Waals surface area contributed by atoms with Gasteiger partial charge in [-0.1, -0.05) is 17.7 Å². The van der Waals surface area contributed by atoms with E-state index in [2.05, 4.69) is 0 Å². The molecular weight excluding hydrogens is 266 g/mol. The van der Waals surface area contributed by atoms with Gasteiger partial charge in [-0.15, -0.1) is 0 Å². The summed E-state index contributed by atoms with van der Waals surface area (Å²) in [6.45, 7) is 2.27. The molecule has 5 nitrogen and oxygen atoms in total. The van der Waals surface area contributed by atoms with E-state index in [0.717, 1.165) is 5.56 Å². The molecule has 19 heavy (non-hydrogen) atoms. The van der Waals surface area contributed by atoms with Gasteiger partial charge in [0, 0.05) is 13.7 Å². The summed E-state index contributed by atoms with van der Waals surface area (Å²) in [6.07, 6.45) is -0.399. The van der Waals surface area contributed by atoms with E-state index in [9.17, 15) is 13.5 Å². The van der Waals surface area contributed by atoms with Crippen LogP contribution in [-0.2, 0) is 14.8 Å². The molecule has 1 heterocycles. The van der Waals surface area contributed by atoms with Crippen molar-refractivity contribution in [2.45, 2.75) is 37.0 Å². The van der Waals surface area contributed by atoms with E-state index in [1.165, 1.54) is 11.4 Å². The molecule has 0 amide bonds. The Morgan fingerprint density at radius 3 is 2.53 bits per heavy atom. The minimum absolute atomic E-state index is 0.231. The molecular formula is C13H19NO4S. The van der Waals surface area contributed by atoms with Crippen molar-refractivity contribution >= 4 is 10.0 Å². The summed E-state index contributed by atoms with van der Waals surface area (Å²) >= 11 is 0. The van der Waals surface area contributed by atoms with Gasteiger partial charge in [0.05, 0.1) is 11.0 Å². The van der Waals surface area contributed by atoms with Crippen LogP contribution in [0.25, 0.3) is 0 Å². The Bertz CT molecular complexity index is 526. The van der Waals surface area contributed by atoms with Crippen molar-refractivity contribution in [1.29, 1.82) is 0 Å². The maximum Gasteiger partial charge on any atom is 0.245 e. The van der Waals surface area contributed by atoms with Crippen LogP contribution in [0.4, 0.5) is 0 Å². The highest BCUT2D eigenvalue weighted by molar-refractivity contribution is 7.89. The molecule has 0 radical (unpaired) electrons. The number of benzene rings is 1. The third-order valence-corrected chi connectivity index (χ3v) is 5.24. The van der Waals surface area contributed by atoms with Gasteiger partial charge in [-0.25, -0.2) is 8.42 Å². The zero-order valence-electron chi connectivity index (χ0n) is 11.1. The second kappa shape index (κ2) is 5.58. The molecule has 0 aliphatic carbocycles. The molecule has 1 aliphatic rings. The summed E-state index contributed by atoms with van der Waals surface area (Å²) in [5.41, 5.74) is 1.00.